The van der Waals surface area contributed by atoms with Crippen LogP contribution in [0.5, 0.6) is 0 Å². The fraction of sp³-hybridized carbons (Fsp3) is 0.379. The molecule has 2 atom stereocenters. The maximum absolute atomic E-state index is 7.11. The highest BCUT2D eigenvalue weighted by atomic mass is 14.9. The number of hydrogen-bond donors (Lipinski definition) is 3. The molecule has 0 bridgehead atoms. The van der Waals surface area contributed by atoms with Gasteiger partial charge in [0.25, 0.3) is 0 Å². The molecule has 7 nitrogen and oxygen atoms in total. The molecule has 2 aliphatic rings. The molecule has 1 aliphatic heterocycles. The van der Waals surface area contributed by atoms with Crippen molar-refractivity contribution < 1.29 is 0 Å². The summed E-state index contributed by atoms with van der Waals surface area (Å²) in [6.45, 7) is 2.07. The van der Waals surface area contributed by atoms with E-state index in [0.717, 1.165) is 76.4 Å². The van der Waals surface area contributed by atoms with Crippen LogP contribution < -0.4 is 11.1 Å². The Bertz CT molecular complexity index is 1560. The second-order valence-electron chi connectivity index (χ2n) is 10.4. The van der Waals surface area contributed by atoms with Crippen LogP contribution in [0.1, 0.15) is 61.7 Å². The molecule has 4 aromatic heterocycles. The molecule has 2 unspecified atom stereocenters. The van der Waals surface area contributed by atoms with Crippen molar-refractivity contribution in [3.05, 3.63) is 60.2 Å². The average molecular weight is 478 g/mol. The van der Waals surface area contributed by atoms with Gasteiger partial charge in [-0.15, -0.1) is 0 Å². The number of para-hydroxylation sites is 1. The van der Waals surface area contributed by atoms with Gasteiger partial charge in [-0.25, -0.2) is 15.0 Å². The molecule has 5 aromatic rings. The van der Waals surface area contributed by atoms with Crippen LogP contribution in [0.2, 0.25) is 0 Å². The van der Waals surface area contributed by atoms with Crippen LogP contribution in [-0.2, 0) is 0 Å². The Morgan fingerprint density at radius 3 is 2.72 bits per heavy atom. The Morgan fingerprint density at radius 1 is 0.917 bits per heavy atom. The fourth-order valence-corrected chi connectivity index (χ4v) is 6.11. The molecule has 2 fully saturated rings. The van der Waals surface area contributed by atoms with Gasteiger partial charge >= 0.3 is 0 Å². The molecule has 36 heavy (non-hydrogen) atoms. The highest BCUT2D eigenvalue weighted by Crippen LogP contribution is 2.42. The van der Waals surface area contributed by atoms with E-state index in [1.165, 1.54) is 24.8 Å². The molecule has 0 amide bonds. The third-order valence-electron chi connectivity index (χ3n) is 8.29. The van der Waals surface area contributed by atoms with Crippen LogP contribution in [-0.4, -0.2) is 38.0 Å². The van der Waals surface area contributed by atoms with E-state index in [0.29, 0.717) is 17.7 Å². The van der Waals surface area contributed by atoms with Crippen molar-refractivity contribution in [1.82, 2.24) is 30.2 Å². The summed E-state index contributed by atoms with van der Waals surface area (Å²) in [6, 6.07) is 10.2. The Hall–Kier alpha value is -3.42. The lowest BCUT2D eigenvalue weighted by molar-refractivity contribution is 0.386. The molecular formula is C29H31N7. The standard InChI is InChI=1S/C29H31N7/c30-26(18-7-4-12-31-13-10-18)27-25-21(17-5-3-6-17)15-32-16-23(25)35-28(36-27)20-11-14-33-29-24(20)19-8-1-2-9-22(19)34-29/h1-2,8-9,11,14-18,26,31H,3-7,10,12-13,30H2,(H,33,34). The van der Waals surface area contributed by atoms with Crippen molar-refractivity contribution in [2.24, 2.45) is 11.7 Å². The Morgan fingerprint density at radius 2 is 1.83 bits per heavy atom. The van der Waals surface area contributed by atoms with E-state index in [9.17, 15) is 0 Å². The summed E-state index contributed by atoms with van der Waals surface area (Å²) in [6.07, 6.45) is 12.7. The van der Waals surface area contributed by atoms with Gasteiger partial charge in [-0.3, -0.25) is 4.98 Å². The van der Waals surface area contributed by atoms with Gasteiger partial charge in [-0.1, -0.05) is 24.6 Å². The van der Waals surface area contributed by atoms with Gasteiger partial charge in [0.1, 0.15) is 5.65 Å². The molecule has 1 aliphatic carbocycles. The number of pyridine rings is 2. The summed E-state index contributed by atoms with van der Waals surface area (Å²) in [5, 5.41) is 6.84. The van der Waals surface area contributed by atoms with Gasteiger partial charge in [-0.2, -0.15) is 0 Å². The van der Waals surface area contributed by atoms with E-state index in [1.54, 1.807) is 0 Å². The molecule has 4 N–H and O–H groups in total. The summed E-state index contributed by atoms with van der Waals surface area (Å²) in [5.74, 6) is 1.61. The van der Waals surface area contributed by atoms with E-state index in [-0.39, 0.29) is 6.04 Å². The van der Waals surface area contributed by atoms with Crippen LogP contribution in [0.15, 0.2) is 48.9 Å². The SMILES string of the molecule is NC(c1nc(-c2ccnc3[nH]c4ccccc4c23)nc2cncc(C3CCC3)c12)C1CCCNCC1. The summed E-state index contributed by atoms with van der Waals surface area (Å²) in [4.78, 5) is 23.1. The number of fused-ring (bicyclic) bond motifs is 4. The highest BCUT2D eigenvalue weighted by Gasteiger charge is 2.29. The fourth-order valence-electron chi connectivity index (χ4n) is 6.11. The summed E-state index contributed by atoms with van der Waals surface area (Å²) in [5.41, 5.74) is 13.1. The van der Waals surface area contributed by atoms with E-state index < -0.39 is 0 Å². The molecule has 7 heteroatoms. The normalized spacial score (nSPS) is 20.0. The number of hydrogen-bond acceptors (Lipinski definition) is 6. The zero-order valence-corrected chi connectivity index (χ0v) is 20.4. The molecule has 1 saturated heterocycles. The van der Waals surface area contributed by atoms with Crippen LogP contribution in [0.4, 0.5) is 0 Å². The number of H-pyrrole nitrogens is 1. The largest absolute Gasteiger partial charge is 0.339 e. The summed E-state index contributed by atoms with van der Waals surface area (Å²) >= 11 is 0. The Kier molecular flexibility index (Phi) is 5.40. The van der Waals surface area contributed by atoms with E-state index in [1.807, 2.05) is 30.7 Å². The predicted octanol–water partition coefficient (Wildman–Crippen LogP) is 5.38. The van der Waals surface area contributed by atoms with Crippen LogP contribution >= 0.6 is 0 Å². The predicted molar refractivity (Wildman–Crippen MR) is 144 cm³/mol. The number of aromatic nitrogens is 5. The van der Waals surface area contributed by atoms with Gasteiger partial charge < -0.3 is 16.0 Å². The average Bonchev–Trinajstić information content (AvgIpc) is 3.05. The maximum Gasteiger partial charge on any atom is 0.161 e. The smallest absolute Gasteiger partial charge is 0.161 e. The van der Waals surface area contributed by atoms with Crippen molar-refractivity contribution in [2.45, 2.75) is 50.5 Å². The molecule has 1 aromatic carbocycles. The van der Waals surface area contributed by atoms with E-state index in [2.05, 4.69) is 38.5 Å². The van der Waals surface area contributed by atoms with Crippen molar-refractivity contribution in [3.8, 4) is 11.4 Å². The molecule has 182 valence electrons. The van der Waals surface area contributed by atoms with Crippen molar-refractivity contribution in [3.63, 3.8) is 0 Å². The van der Waals surface area contributed by atoms with Gasteiger partial charge in [0, 0.05) is 39.6 Å². The topological polar surface area (TPSA) is 105 Å². The molecule has 0 radical (unpaired) electrons. The lowest BCUT2D eigenvalue weighted by atomic mass is 9.78. The van der Waals surface area contributed by atoms with Gasteiger partial charge in [-0.05, 0) is 74.7 Å². The Balaban J connectivity index is 1.47. The zero-order valence-electron chi connectivity index (χ0n) is 20.4. The van der Waals surface area contributed by atoms with Gasteiger partial charge in [0.15, 0.2) is 5.82 Å². The molecule has 1 saturated carbocycles. The first-order chi connectivity index (χ1) is 17.8. The molecule has 0 spiro atoms. The zero-order chi connectivity index (χ0) is 24.1. The van der Waals surface area contributed by atoms with Gasteiger partial charge in [0.05, 0.1) is 23.4 Å². The number of nitrogens with one attached hydrogen (secondary N) is 2. The minimum atomic E-state index is -0.143. The number of nitrogens with two attached hydrogens (primary N) is 1. The first kappa shape index (κ1) is 21.8. The van der Waals surface area contributed by atoms with Crippen molar-refractivity contribution in [1.29, 1.82) is 0 Å². The molecule has 7 rings (SSSR count). The second kappa shape index (κ2) is 8.91. The van der Waals surface area contributed by atoms with E-state index in [4.69, 9.17) is 15.7 Å². The Labute approximate surface area is 210 Å². The second-order valence-corrected chi connectivity index (χ2v) is 10.4. The van der Waals surface area contributed by atoms with Crippen molar-refractivity contribution >= 4 is 32.8 Å². The lowest BCUT2D eigenvalue weighted by Crippen LogP contribution is -2.25. The highest BCUT2D eigenvalue weighted by molar-refractivity contribution is 6.12. The maximum atomic E-state index is 7.11. The lowest BCUT2D eigenvalue weighted by Gasteiger charge is -2.29. The number of rotatable bonds is 4. The summed E-state index contributed by atoms with van der Waals surface area (Å²) < 4.78 is 0. The molecular weight excluding hydrogens is 446 g/mol. The number of benzene rings is 1. The van der Waals surface area contributed by atoms with E-state index >= 15 is 0 Å². The number of aromatic amines is 1. The first-order valence-electron chi connectivity index (χ1n) is 13.3. The van der Waals surface area contributed by atoms with Gasteiger partial charge in [0.2, 0.25) is 0 Å². The minimum Gasteiger partial charge on any atom is -0.339 e. The van der Waals surface area contributed by atoms with Crippen LogP contribution in [0.3, 0.4) is 0 Å². The first-order valence-corrected chi connectivity index (χ1v) is 13.3. The molecule has 5 heterocycles. The van der Waals surface area contributed by atoms with Crippen LogP contribution in [0.25, 0.3) is 44.2 Å². The third-order valence-corrected chi connectivity index (χ3v) is 8.29. The van der Waals surface area contributed by atoms with Crippen LogP contribution in [0, 0.1) is 5.92 Å². The quantitative estimate of drug-likeness (QED) is 0.321. The van der Waals surface area contributed by atoms with Crippen molar-refractivity contribution in [2.75, 3.05) is 13.1 Å². The number of nitrogens with zero attached hydrogens (tertiary/aromatic N) is 4. The summed E-state index contributed by atoms with van der Waals surface area (Å²) in [7, 11) is 0. The third kappa shape index (κ3) is 3.57. The monoisotopic (exact) mass is 477 g/mol. The minimum absolute atomic E-state index is 0.143.